The molecule has 2 aromatic heterocycles. The van der Waals surface area contributed by atoms with Crippen LogP contribution in [0.15, 0.2) is 30.7 Å². The number of carbonyl (C=O) groups excluding carboxylic acids is 2. The van der Waals surface area contributed by atoms with Crippen LogP contribution < -0.4 is 16.4 Å². The lowest BCUT2D eigenvalue weighted by Crippen LogP contribution is -2.40. The van der Waals surface area contributed by atoms with E-state index in [0.29, 0.717) is 5.01 Å². The number of thiazole rings is 1. The molecule has 1 saturated heterocycles. The Morgan fingerprint density at radius 2 is 1.92 bits per heavy atom. The zero-order valence-electron chi connectivity index (χ0n) is 20.3. The number of morpholine rings is 1. The Labute approximate surface area is 229 Å². The number of hydrogen-bond acceptors (Lipinski definition) is 10. The molecule has 0 saturated carbocycles. The van der Waals surface area contributed by atoms with E-state index in [1.54, 1.807) is 6.92 Å². The highest BCUT2D eigenvalue weighted by atomic mass is 35.5. The second kappa shape index (κ2) is 11.8. The third-order valence-electron chi connectivity index (χ3n) is 5.69. The van der Waals surface area contributed by atoms with E-state index >= 15 is 0 Å². The molecule has 2 unspecified atom stereocenters. The van der Waals surface area contributed by atoms with Crippen LogP contribution in [0.4, 0.5) is 24.7 Å². The van der Waals surface area contributed by atoms with Crippen LogP contribution in [0.3, 0.4) is 0 Å². The van der Waals surface area contributed by atoms with Gasteiger partial charge in [-0.15, -0.1) is 11.3 Å². The van der Waals surface area contributed by atoms with Crippen LogP contribution in [-0.2, 0) is 10.9 Å². The van der Waals surface area contributed by atoms with Gasteiger partial charge in [-0.05, 0) is 25.1 Å². The first-order valence-electron chi connectivity index (χ1n) is 11.5. The lowest BCUT2D eigenvalue weighted by molar-refractivity contribution is -0.137. The van der Waals surface area contributed by atoms with Crippen molar-refractivity contribution in [1.82, 2.24) is 25.2 Å². The molecule has 0 spiro atoms. The van der Waals surface area contributed by atoms with E-state index in [2.05, 4.69) is 25.6 Å². The highest BCUT2D eigenvalue weighted by Gasteiger charge is 2.33. The molecule has 5 N–H and O–H groups in total. The number of aliphatic hydroxyl groups is 1. The smallest absolute Gasteiger partial charge is 0.382 e. The fourth-order valence-corrected chi connectivity index (χ4v) is 4.72. The minimum atomic E-state index is -4.74. The summed E-state index contributed by atoms with van der Waals surface area (Å²) in [6.45, 7) is 2.73. The second-order valence-electron chi connectivity index (χ2n) is 8.47. The highest BCUT2D eigenvalue weighted by molar-refractivity contribution is 7.13. The SMILES string of the molecule is CC(NC(O)c1ncnc(N)c1Cl)c1ncc(C(=O)Nc2cc(C(=O)N3CCOCC3)cc(C(F)(F)F)c2)s1. The number of alkyl halides is 3. The first-order chi connectivity index (χ1) is 18.4. The number of aliphatic hydroxyl groups excluding tert-OH is 1. The van der Waals surface area contributed by atoms with Crippen LogP contribution in [0.1, 0.15) is 55.5 Å². The van der Waals surface area contributed by atoms with Crippen molar-refractivity contribution in [3.05, 3.63) is 62.5 Å². The van der Waals surface area contributed by atoms with Crippen LogP contribution >= 0.6 is 22.9 Å². The molecule has 0 aliphatic carbocycles. The number of nitrogen functional groups attached to an aromatic ring is 1. The molecule has 1 aliphatic rings. The molecule has 2 amide bonds. The maximum atomic E-state index is 13.6. The van der Waals surface area contributed by atoms with E-state index < -0.39 is 35.8 Å². The molecule has 16 heteroatoms. The van der Waals surface area contributed by atoms with Gasteiger partial charge in [0.15, 0.2) is 0 Å². The van der Waals surface area contributed by atoms with E-state index in [0.717, 1.165) is 29.8 Å². The lowest BCUT2D eigenvalue weighted by atomic mass is 10.1. The molecule has 1 aliphatic heterocycles. The molecule has 0 radical (unpaired) electrons. The van der Waals surface area contributed by atoms with E-state index in [1.807, 2.05) is 0 Å². The molecule has 11 nitrogen and oxygen atoms in total. The second-order valence-corrected chi connectivity index (χ2v) is 9.91. The van der Waals surface area contributed by atoms with Gasteiger partial charge in [0.05, 0.1) is 31.0 Å². The van der Waals surface area contributed by atoms with Gasteiger partial charge in [-0.2, -0.15) is 13.2 Å². The molecule has 2 atom stereocenters. The number of nitrogens with two attached hydrogens (primary N) is 1. The van der Waals surface area contributed by atoms with Gasteiger partial charge in [-0.3, -0.25) is 14.9 Å². The number of aromatic nitrogens is 3. The first kappa shape index (κ1) is 28.6. The third-order valence-corrected chi connectivity index (χ3v) is 7.26. The number of nitrogens with one attached hydrogen (secondary N) is 2. The summed E-state index contributed by atoms with van der Waals surface area (Å²) in [7, 11) is 0. The standard InChI is InChI=1S/C23H23ClF3N7O4S/c1-11(32-20(36)17-16(24)18(28)31-10-30-17)21-29-9-15(39-21)19(35)33-14-7-12(6-13(8-14)23(25,26)27)22(37)34-2-4-38-5-3-34/h6-11,20,32,36H,2-5H2,1H3,(H,33,35)(H2,28,30,31). The average Bonchev–Trinajstić information content (AvgIpc) is 3.40. The Hall–Kier alpha value is -3.37. The zero-order valence-corrected chi connectivity index (χ0v) is 21.9. The highest BCUT2D eigenvalue weighted by Crippen LogP contribution is 2.33. The summed E-state index contributed by atoms with van der Waals surface area (Å²) in [5.41, 5.74) is 4.21. The van der Waals surface area contributed by atoms with Crippen molar-refractivity contribution in [3.8, 4) is 0 Å². The van der Waals surface area contributed by atoms with Gasteiger partial charge < -0.3 is 25.8 Å². The first-order valence-corrected chi connectivity index (χ1v) is 12.7. The van der Waals surface area contributed by atoms with Crippen LogP contribution in [0.2, 0.25) is 5.02 Å². The Bertz CT molecular complexity index is 1370. The molecule has 0 bridgehead atoms. The van der Waals surface area contributed by atoms with Gasteiger partial charge >= 0.3 is 6.18 Å². The number of nitrogens with zero attached hydrogens (tertiary/aromatic N) is 4. The minimum absolute atomic E-state index is 0.00669. The molecular formula is C23H23ClF3N7O4S. The number of ether oxygens (including phenoxy) is 1. The van der Waals surface area contributed by atoms with Crippen LogP contribution in [0, 0.1) is 0 Å². The molecule has 39 heavy (non-hydrogen) atoms. The van der Waals surface area contributed by atoms with Gasteiger partial charge in [-0.1, -0.05) is 11.6 Å². The number of rotatable bonds is 7. The number of hydrogen-bond donors (Lipinski definition) is 4. The van der Waals surface area contributed by atoms with Crippen LogP contribution in [0.5, 0.6) is 0 Å². The Morgan fingerprint density at radius 3 is 2.62 bits per heavy atom. The van der Waals surface area contributed by atoms with E-state index in [9.17, 15) is 27.9 Å². The Morgan fingerprint density at radius 1 is 1.21 bits per heavy atom. The van der Waals surface area contributed by atoms with Gasteiger partial charge in [-0.25, -0.2) is 15.0 Å². The summed E-state index contributed by atoms with van der Waals surface area (Å²) in [6.07, 6.45) is -3.67. The van der Waals surface area contributed by atoms with Crippen molar-refractivity contribution < 1.29 is 32.6 Å². The largest absolute Gasteiger partial charge is 0.416 e. The number of amides is 2. The molecule has 1 aromatic carbocycles. The lowest BCUT2D eigenvalue weighted by Gasteiger charge is -2.27. The number of carbonyl (C=O) groups is 2. The van der Waals surface area contributed by atoms with Gasteiger partial charge in [0.1, 0.15) is 39.0 Å². The maximum absolute atomic E-state index is 13.6. The van der Waals surface area contributed by atoms with Crippen LogP contribution in [0.25, 0.3) is 0 Å². The van der Waals surface area contributed by atoms with Crippen molar-refractivity contribution in [2.24, 2.45) is 0 Å². The maximum Gasteiger partial charge on any atom is 0.416 e. The Kier molecular flexibility index (Phi) is 8.66. The normalized spacial score (nSPS) is 15.6. The van der Waals surface area contributed by atoms with E-state index in [1.165, 1.54) is 17.2 Å². The molecule has 1 fully saturated rings. The summed E-state index contributed by atoms with van der Waals surface area (Å²) in [6, 6.07) is 2.14. The molecule has 4 rings (SSSR count). The van der Waals surface area contributed by atoms with Gasteiger partial charge in [0, 0.05) is 24.3 Å². The van der Waals surface area contributed by atoms with Crippen molar-refractivity contribution in [1.29, 1.82) is 0 Å². The van der Waals surface area contributed by atoms with Gasteiger partial charge in [0.25, 0.3) is 11.8 Å². The molecule has 3 heterocycles. The fraction of sp³-hybridized carbons (Fsp3) is 0.348. The zero-order chi connectivity index (χ0) is 28.3. The summed E-state index contributed by atoms with van der Waals surface area (Å²) >= 11 is 7.00. The quantitative estimate of drug-likeness (QED) is 0.306. The number of anilines is 2. The molecule has 208 valence electrons. The minimum Gasteiger partial charge on any atom is -0.382 e. The summed E-state index contributed by atoms with van der Waals surface area (Å²) < 4.78 is 45.9. The summed E-state index contributed by atoms with van der Waals surface area (Å²) in [4.78, 5) is 39.0. The van der Waals surface area contributed by atoms with Crippen molar-refractivity contribution in [2.75, 3.05) is 37.4 Å². The van der Waals surface area contributed by atoms with Crippen LogP contribution in [-0.4, -0.2) is 63.1 Å². The average molecular weight is 586 g/mol. The Balaban J connectivity index is 1.49. The molecule has 3 aromatic rings. The van der Waals surface area contributed by atoms with Crippen molar-refractivity contribution in [3.63, 3.8) is 0 Å². The fourth-order valence-electron chi connectivity index (χ4n) is 3.70. The number of benzene rings is 1. The topological polar surface area (TPSA) is 156 Å². The van der Waals surface area contributed by atoms with E-state index in [-0.39, 0.29) is 59.0 Å². The number of halogens is 4. The van der Waals surface area contributed by atoms with Gasteiger partial charge in [0.2, 0.25) is 0 Å². The monoisotopic (exact) mass is 585 g/mol. The molecular weight excluding hydrogens is 563 g/mol. The van der Waals surface area contributed by atoms with Crippen molar-refractivity contribution >= 4 is 46.3 Å². The predicted octanol–water partition coefficient (Wildman–Crippen LogP) is 3.25. The summed E-state index contributed by atoms with van der Waals surface area (Å²) in [5, 5.41) is 16.1. The predicted molar refractivity (Wildman–Crippen MR) is 136 cm³/mol. The van der Waals surface area contributed by atoms with E-state index in [4.69, 9.17) is 22.1 Å². The third kappa shape index (κ3) is 6.80. The van der Waals surface area contributed by atoms with Crippen molar-refractivity contribution in [2.45, 2.75) is 25.4 Å². The summed E-state index contributed by atoms with van der Waals surface area (Å²) in [5.74, 6) is -1.32.